The molecule has 2 aromatic rings. The fourth-order valence-corrected chi connectivity index (χ4v) is 6.27. The number of ether oxygens (including phenoxy) is 1. The molecule has 1 saturated heterocycles. The summed E-state index contributed by atoms with van der Waals surface area (Å²) in [4.78, 5) is 17.0. The van der Waals surface area contributed by atoms with Gasteiger partial charge in [-0.05, 0) is 79.3 Å². The second-order valence-electron chi connectivity index (χ2n) is 8.59. The van der Waals surface area contributed by atoms with Gasteiger partial charge in [-0.2, -0.15) is 4.98 Å². The maximum atomic E-state index is 13.3. The summed E-state index contributed by atoms with van der Waals surface area (Å²) < 4.78 is 38.0. The van der Waals surface area contributed by atoms with E-state index < -0.39 is 22.3 Å². The third kappa shape index (κ3) is 4.93. The number of urea groups is 1. The molecule has 1 aliphatic heterocycles. The van der Waals surface area contributed by atoms with Gasteiger partial charge in [0.05, 0.1) is 6.04 Å². The van der Waals surface area contributed by atoms with Crippen LogP contribution in [0.15, 0.2) is 12.4 Å². The molecule has 1 aromatic carbocycles. The number of aryl methyl sites for hydroxylation is 3. The Morgan fingerprint density at radius 3 is 2.36 bits per heavy atom. The van der Waals surface area contributed by atoms with Gasteiger partial charge >= 0.3 is 29.6 Å². The number of carbonyl (C=O) groups excluding carboxylic acids is 1. The van der Waals surface area contributed by atoms with E-state index in [1.54, 1.807) is 7.05 Å². The van der Waals surface area contributed by atoms with Crippen LogP contribution in [0.4, 0.5) is 16.4 Å². The van der Waals surface area contributed by atoms with E-state index in [1.807, 2.05) is 0 Å². The molecule has 1 aromatic heterocycles. The Hall–Kier alpha value is -1.66. The predicted octanol–water partition coefficient (Wildman–Crippen LogP) is -0.367. The van der Waals surface area contributed by atoms with Crippen LogP contribution < -0.4 is 39.2 Å². The summed E-state index contributed by atoms with van der Waals surface area (Å²) in [7, 11) is -2.70. The van der Waals surface area contributed by atoms with Crippen molar-refractivity contribution in [3.05, 3.63) is 39.4 Å². The topological polar surface area (TPSA) is 121 Å². The molecule has 33 heavy (non-hydrogen) atoms. The number of fused-ring (bicyclic) bond motifs is 2. The van der Waals surface area contributed by atoms with Crippen molar-refractivity contribution < 1.29 is 47.5 Å². The average Bonchev–Trinajstić information content (AvgIpc) is 3.49. The average molecular weight is 483 g/mol. The minimum absolute atomic E-state index is 0. The van der Waals surface area contributed by atoms with Crippen molar-refractivity contribution in [3.8, 4) is 0 Å². The number of carbonyl (C=O) groups is 1. The smallest absolute Gasteiger partial charge is 0.423 e. The molecule has 1 N–H and O–H groups in total. The van der Waals surface area contributed by atoms with Gasteiger partial charge in [-0.1, -0.05) is 6.07 Å². The summed E-state index contributed by atoms with van der Waals surface area (Å²) >= 11 is 0. The van der Waals surface area contributed by atoms with Gasteiger partial charge in [-0.15, -0.1) is 5.10 Å². The SMILES string of the molecule is Cn1cnc(N(C2CCOCC2)S(=O)(=O)[N-]C(=O)Nc2c3c(cc4c2CCC4)CCC3)n1.[Na+]. The summed E-state index contributed by atoms with van der Waals surface area (Å²) in [6, 6.07) is 0.957. The first-order valence-electron chi connectivity index (χ1n) is 11.1. The van der Waals surface area contributed by atoms with Gasteiger partial charge in [0.15, 0.2) is 6.03 Å². The number of nitrogens with zero attached hydrogens (tertiary/aromatic N) is 5. The third-order valence-electron chi connectivity index (χ3n) is 6.46. The predicted molar refractivity (Wildman–Crippen MR) is 119 cm³/mol. The van der Waals surface area contributed by atoms with Crippen LogP contribution in [0, 0.1) is 0 Å². The first kappa shape index (κ1) is 24.5. The molecule has 2 aliphatic carbocycles. The molecule has 0 atom stereocenters. The van der Waals surface area contributed by atoms with Crippen molar-refractivity contribution in [2.45, 2.75) is 57.4 Å². The molecule has 2 heterocycles. The number of hydrogen-bond donors (Lipinski definition) is 1. The summed E-state index contributed by atoms with van der Waals surface area (Å²) in [5, 5.41) is 6.99. The zero-order valence-electron chi connectivity index (χ0n) is 19.1. The monoisotopic (exact) mass is 482 g/mol. The van der Waals surface area contributed by atoms with E-state index in [9.17, 15) is 13.2 Å². The number of aromatic nitrogens is 3. The molecule has 12 heteroatoms. The van der Waals surface area contributed by atoms with Crippen LogP contribution in [0.1, 0.15) is 47.9 Å². The largest absolute Gasteiger partial charge is 1.00 e. The standard InChI is InChI=1S/C21H28N6O4S.Na/c1-26-13-22-20(24-26)27(16-8-10-31-11-9-16)32(29,30)25-21(28)23-19-17-6-2-4-14(17)12-15-5-3-7-18(15)19;/h12-13,16H,2-11H2,1H3,(H2,23,25,28);/q;+1/p-1. The molecule has 2 amide bonds. The Morgan fingerprint density at radius 1 is 1.15 bits per heavy atom. The fraction of sp³-hybridized carbons (Fsp3) is 0.571. The molecule has 1 fully saturated rings. The van der Waals surface area contributed by atoms with Crippen LogP contribution in [0.5, 0.6) is 0 Å². The van der Waals surface area contributed by atoms with Gasteiger partial charge < -0.3 is 14.8 Å². The molecule has 0 unspecified atom stereocenters. The first-order chi connectivity index (χ1) is 15.4. The zero-order chi connectivity index (χ0) is 22.3. The molecular formula is C21H27N6NaO4S. The second-order valence-corrected chi connectivity index (χ2v) is 10.1. The van der Waals surface area contributed by atoms with Crippen molar-refractivity contribution in [1.29, 1.82) is 0 Å². The van der Waals surface area contributed by atoms with Crippen LogP contribution in [0.2, 0.25) is 0 Å². The maximum absolute atomic E-state index is 13.3. The fourth-order valence-electron chi connectivity index (χ4n) is 5.05. The summed E-state index contributed by atoms with van der Waals surface area (Å²) in [5.74, 6) is 0.0115. The van der Waals surface area contributed by atoms with E-state index in [1.165, 1.54) is 22.1 Å². The first-order valence-corrected chi connectivity index (χ1v) is 12.5. The molecular weight excluding hydrogens is 455 g/mol. The number of rotatable bonds is 5. The molecule has 172 valence electrons. The van der Waals surface area contributed by atoms with Crippen LogP contribution in [-0.2, 0) is 47.7 Å². The normalized spacial score (nSPS) is 17.7. The summed E-state index contributed by atoms with van der Waals surface area (Å²) in [5.41, 5.74) is 5.53. The Labute approximate surface area is 215 Å². The Balaban J connectivity index is 0.00000259. The second kappa shape index (κ2) is 9.91. The van der Waals surface area contributed by atoms with Gasteiger partial charge in [-0.25, -0.2) is 12.7 Å². The minimum Gasteiger partial charge on any atom is -0.423 e. The van der Waals surface area contributed by atoms with E-state index in [2.05, 4.69) is 26.2 Å². The van der Waals surface area contributed by atoms with E-state index in [4.69, 9.17) is 4.74 Å². The number of hydrogen-bond acceptors (Lipinski definition) is 6. The van der Waals surface area contributed by atoms with E-state index >= 15 is 0 Å². The third-order valence-corrected chi connectivity index (χ3v) is 7.81. The molecule has 10 nitrogen and oxygen atoms in total. The van der Waals surface area contributed by atoms with Crippen LogP contribution in [0.25, 0.3) is 4.72 Å². The van der Waals surface area contributed by atoms with Crippen LogP contribution in [-0.4, -0.2) is 48.5 Å². The maximum Gasteiger partial charge on any atom is 1.00 e. The number of anilines is 2. The Kier molecular flexibility index (Phi) is 7.35. The van der Waals surface area contributed by atoms with Crippen molar-refractivity contribution in [2.24, 2.45) is 7.05 Å². The van der Waals surface area contributed by atoms with E-state index in [0.717, 1.165) is 59.6 Å². The van der Waals surface area contributed by atoms with Gasteiger partial charge in [0.1, 0.15) is 6.33 Å². The van der Waals surface area contributed by atoms with E-state index in [-0.39, 0.29) is 35.5 Å². The Bertz CT molecular complexity index is 1110. The number of benzene rings is 1. The van der Waals surface area contributed by atoms with Crippen molar-refractivity contribution in [2.75, 3.05) is 22.8 Å². The number of amides is 2. The summed E-state index contributed by atoms with van der Waals surface area (Å²) in [6.45, 7) is 0.857. The molecule has 0 radical (unpaired) electrons. The van der Waals surface area contributed by atoms with Crippen LogP contribution in [0.3, 0.4) is 0 Å². The molecule has 0 bridgehead atoms. The van der Waals surface area contributed by atoms with Gasteiger partial charge in [0.25, 0.3) is 16.2 Å². The van der Waals surface area contributed by atoms with Crippen molar-refractivity contribution in [1.82, 2.24) is 14.8 Å². The molecule has 0 saturated carbocycles. The molecule has 0 spiro atoms. The van der Waals surface area contributed by atoms with Gasteiger partial charge in [0, 0.05) is 20.3 Å². The van der Waals surface area contributed by atoms with Crippen LogP contribution >= 0.6 is 0 Å². The zero-order valence-corrected chi connectivity index (χ0v) is 21.9. The quantitative estimate of drug-likeness (QED) is 0.581. The van der Waals surface area contributed by atoms with Crippen molar-refractivity contribution >= 4 is 27.9 Å². The molecule has 5 rings (SSSR count). The Morgan fingerprint density at radius 2 is 1.79 bits per heavy atom. The number of nitrogens with one attached hydrogen (secondary N) is 1. The van der Waals surface area contributed by atoms with Crippen molar-refractivity contribution in [3.63, 3.8) is 0 Å². The van der Waals surface area contributed by atoms with Gasteiger partial charge in [-0.3, -0.25) is 9.48 Å². The molecule has 3 aliphatic rings. The van der Waals surface area contributed by atoms with E-state index in [0.29, 0.717) is 26.1 Å². The summed E-state index contributed by atoms with van der Waals surface area (Å²) in [6.07, 6.45) is 8.22. The van der Waals surface area contributed by atoms with Gasteiger partial charge in [0.2, 0.25) is 0 Å². The minimum atomic E-state index is -4.36.